The highest BCUT2D eigenvalue weighted by Crippen LogP contribution is 2.27. The maximum absolute atomic E-state index is 12.9. The van der Waals surface area contributed by atoms with Crippen LogP contribution in [0.15, 0.2) is 54.6 Å². The lowest BCUT2D eigenvalue weighted by atomic mass is 10.0. The van der Waals surface area contributed by atoms with E-state index in [-0.39, 0.29) is 24.3 Å². The Labute approximate surface area is 156 Å². The van der Waals surface area contributed by atoms with Crippen molar-refractivity contribution in [2.75, 3.05) is 18.0 Å². The topological polar surface area (TPSA) is 40.6 Å². The number of likely N-dealkylation sites (N-methyl/N-ethyl adjacent to an activating group) is 1. The van der Waals surface area contributed by atoms with Crippen LogP contribution in [0.5, 0.6) is 0 Å². The smallest absolute Gasteiger partial charge is 0.242 e. The number of rotatable bonds is 7. The zero-order valence-electron chi connectivity index (χ0n) is 16.1. The first kappa shape index (κ1) is 19.7. The van der Waals surface area contributed by atoms with E-state index in [2.05, 4.69) is 13.8 Å². The van der Waals surface area contributed by atoms with Crippen molar-refractivity contribution in [3.8, 4) is 0 Å². The van der Waals surface area contributed by atoms with Gasteiger partial charge in [0.05, 0.1) is 0 Å². The molecule has 2 aromatic rings. The molecule has 2 rings (SSSR count). The number of hydrogen-bond acceptors (Lipinski definition) is 2. The van der Waals surface area contributed by atoms with E-state index in [0.717, 1.165) is 16.8 Å². The summed E-state index contributed by atoms with van der Waals surface area (Å²) in [5.74, 6) is 0.0991. The monoisotopic (exact) mass is 352 g/mol. The molecule has 0 aliphatic carbocycles. The summed E-state index contributed by atoms with van der Waals surface area (Å²) in [6, 6.07) is 17.7. The van der Waals surface area contributed by atoms with Gasteiger partial charge < -0.3 is 9.80 Å². The molecule has 138 valence electrons. The maximum Gasteiger partial charge on any atom is 0.242 e. The van der Waals surface area contributed by atoms with Gasteiger partial charge in [-0.15, -0.1) is 0 Å². The summed E-state index contributed by atoms with van der Waals surface area (Å²) in [7, 11) is 0. The molecule has 0 atom stereocenters. The molecule has 0 fully saturated rings. The quantitative estimate of drug-likeness (QED) is 0.749. The van der Waals surface area contributed by atoms with Crippen LogP contribution in [0.25, 0.3) is 0 Å². The second-order valence-electron chi connectivity index (χ2n) is 6.71. The molecule has 0 unspecified atom stereocenters. The molecule has 0 radical (unpaired) electrons. The first-order valence-corrected chi connectivity index (χ1v) is 9.12. The van der Waals surface area contributed by atoms with Crippen LogP contribution >= 0.6 is 0 Å². The van der Waals surface area contributed by atoms with Crippen molar-refractivity contribution in [3.05, 3.63) is 65.7 Å². The lowest BCUT2D eigenvalue weighted by molar-refractivity contribution is -0.131. The van der Waals surface area contributed by atoms with Gasteiger partial charge >= 0.3 is 0 Å². The van der Waals surface area contributed by atoms with E-state index in [9.17, 15) is 9.59 Å². The second kappa shape index (κ2) is 9.18. The summed E-state index contributed by atoms with van der Waals surface area (Å²) in [5.41, 5.74) is 2.97. The maximum atomic E-state index is 12.9. The Hall–Kier alpha value is -2.62. The number of anilines is 1. The second-order valence-corrected chi connectivity index (χ2v) is 6.71. The molecule has 0 N–H and O–H groups in total. The van der Waals surface area contributed by atoms with Crippen LogP contribution in [-0.2, 0) is 16.1 Å². The fourth-order valence-electron chi connectivity index (χ4n) is 3.00. The number of amides is 2. The average molecular weight is 352 g/mol. The van der Waals surface area contributed by atoms with Crippen LogP contribution in [0, 0.1) is 0 Å². The van der Waals surface area contributed by atoms with Crippen molar-refractivity contribution in [2.24, 2.45) is 0 Å². The minimum absolute atomic E-state index is 0.0508. The third-order valence-corrected chi connectivity index (χ3v) is 4.47. The molecule has 4 heteroatoms. The van der Waals surface area contributed by atoms with E-state index >= 15 is 0 Å². The summed E-state index contributed by atoms with van der Waals surface area (Å²) in [6.45, 7) is 8.86. The average Bonchev–Trinajstić information content (AvgIpc) is 2.64. The predicted molar refractivity (Wildman–Crippen MR) is 106 cm³/mol. The van der Waals surface area contributed by atoms with E-state index in [1.54, 1.807) is 9.80 Å². The Morgan fingerprint density at radius 3 is 2.15 bits per heavy atom. The molecule has 0 aliphatic heterocycles. The SMILES string of the molecule is CCN(Cc1ccccc1)C(=O)CN(C(C)=O)c1ccccc1C(C)C. The van der Waals surface area contributed by atoms with Gasteiger partial charge in [0.2, 0.25) is 11.8 Å². The number of carbonyl (C=O) groups is 2. The fourth-order valence-corrected chi connectivity index (χ4v) is 3.00. The minimum Gasteiger partial charge on any atom is -0.337 e. The first-order chi connectivity index (χ1) is 12.4. The van der Waals surface area contributed by atoms with Crippen LogP contribution in [0.3, 0.4) is 0 Å². The lowest BCUT2D eigenvalue weighted by Gasteiger charge is -2.28. The number of nitrogens with zero attached hydrogens (tertiary/aromatic N) is 2. The van der Waals surface area contributed by atoms with Crippen LogP contribution < -0.4 is 4.90 Å². The van der Waals surface area contributed by atoms with Gasteiger partial charge in [-0.1, -0.05) is 62.4 Å². The van der Waals surface area contributed by atoms with Crippen molar-refractivity contribution in [1.29, 1.82) is 0 Å². The fraction of sp³-hybridized carbons (Fsp3) is 0.364. The van der Waals surface area contributed by atoms with E-state index < -0.39 is 0 Å². The van der Waals surface area contributed by atoms with Gasteiger partial charge in [0.1, 0.15) is 6.54 Å². The predicted octanol–water partition coefficient (Wildman–Crippen LogP) is 4.21. The van der Waals surface area contributed by atoms with Crippen LogP contribution in [0.1, 0.15) is 44.7 Å². The number of para-hydroxylation sites is 1. The van der Waals surface area contributed by atoms with Gasteiger partial charge in [-0.3, -0.25) is 9.59 Å². The highest BCUT2D eigenvalue weighted by Gasteiger charge is 2.22. The van der Waals surface area contributed by atoms with Crippen molar-refractivity contribution in [2.45, 2.75) is 40.2 Å². The molecule has 0 bridgehead atoms. The van der Waals surface area contributed by atoms with Crippen molar-refractivity contribution >= 4 is 17.5 Å². The Bertz CT molecular complexity index is 741. The van der Waals surface area contributed by atoms with Gasteiger partial charge in [0.15, 0.2) is 0 Å². The molecule has 0 spiro atoms. The van der Waals surface area contributed by atoms with Crippen LogP contribution in [0.4, 0.5) is 5.69 Å². The Morgan fingerprint density at radius 1 is 0.962 bits per heavy atom. The van der Waals surface area contributed by atoms with Gasteiger partial charge in [-0.05, 0) is 30.0 Å². The van der Waals surface area contributed by atoms with E-state index in [0.29, 0.717) is 13.1 Å². The Kier molecular flexibility index (Phi) is 6.96. The normalized spacial score (nSPS) is 10.7. The summed E-state index contributed by atoms with van der Waals surface area (Å²) in [4.78, 5) is 28.5. The molecule has 4 nitrogen and oxygen atoms in total. The summed E-state index contributed by atoms with van der Waals surface area (Å²) >= 11 is 0. The van der Waals surface area contributed by atoms with Gasteiger partial charge in [-0.2, -0.15) is 0 Å². The largest absolute Gasteiger partial charge is 0.337 e. The van der Waals surface area contributed by atoms with Crippen LogP contribution in [0.2, 0.25) is 0 Å². The Morgan fingerprint density at radius 2 is 1.58 bits per heavy atom. The molecular weight excluding hydrogens is 324 g/mol. The molecule has 0 aliphatic rings. The molecule has 0 saturated carbocycles. The van der Waals surface area contributed by atoms with Gasteiger partial charge in [0, 0.05) is 25.7 Å². The highest BCUT2D eigenvalue weighted by molar-refractivity contribution is 5.98. The number of carbonyl (C=O) groups excluding carboxylic acids is 2. The summed E-state index contributed by atoms with van der Waals surface area (Å²) < 4.78 is 0. The zero-order chi connectivity index (χ0) is 19.1. The van der Waals surface area contributed by atoms with Gasteiger partial charge in [0.25, 0.3) is 0 Å². The van der Waals surface area contributed by atoms with Crippen molar-refractivity contribution < 1.29 is 9.59 Å². The van der Waals surface area contributed by atoms with Crippen molar-refractivity contribution in [3.63, 3.8) is 0 Å². The molecule has 2 aromatic carbocycles. The number of benzene rings is 2. The molecular formula is C22H28N2O2. The standard InChI is InChI=1S/C22H28N2O2/c1-5-23(15-19-11-7-6-8-12-19)22(26)16-24(18(4)25)21-14-10-9-13-20(21)17(2)3/h6-14,17H,5,15-16H2,1-4H3. The van der Waals surface area contributed by atoms with Crippen LogP contribution in [-0.4, -0.2) is 29.8 Å². The minimum atomic E-state index is -0.123. The molecule has 26 heavy (non-hydrogen) atoms. The molecule has 0 aromatic heterocycles. The first-order valence-electron chi connectivity index (χ1n) is 9.12. The Balaban J connectivity index is 2.21. The third kappa shape index (κ3) is 4.94. The lowest BCUT2D eigenvalue weighted by Crippen LogP contribution is -2.42. The van der Waals surface area contributed by atoms with E-state index in [1.165, 1.54) is 6.92 Å². The van der Waals surface area contributed by atoms with Gasteiger partial charge in [-0.25, -0.2) is 0 Å². The van der Waals surface area contributed by atoms with E-state index in [1.807, 2.05) is 61.5 Å². The zero-order valence-corrected chi connectivity index (χ0v) is 16.1. The molecule has 2 amide bonds. The molecule has 0 saturated heterocycles. The number of hydrogen-bond donors (Lipinski definition) is 0. The highest BCUT2D eigenvalue weighted by atomic mass is 16.2. The third-order valence-electron chi connectivity index (χ3n) is 4.47. The van der Waals surface area contributed by atoms with E-state index in [4.69, 9.17) is 0 Å². The summed E-state index contributed by atoms with van der Waals surface area (Å²) in [6.07, 6.45) is 0. The molecule has 0 heterocycles. The van der Waals surface area contributed by atoms with Crippen molar-refractivity contribution in [1.82, 2.24) is 4.90 Å². The summed E-state index contributed by atoms with van der Waals surface area (Å²) in [5, 5.41) is 0.